The molecule has 0 spiro atoms. The Morgan fingerprint density at radius 2 is 1.50 bits per heavy atom. The minimum absolute atomic E-state index is 0.0972. The average molecular weight is 502 g/mol. The van der Waals surface area contributed by atoms with E-state index in [1.165, 1.54) is 24.3 Å². The highest BCUT2D eigenvalue weighted by molar-refractivity contribution is 6.53. The zero-order valence-corrected chi connectivity index (χ0v) is 18.1. The largest absolute Gasteiger partial charge is 0.481 e. The van der Waals surface area contributed by atoms with Crippen molar-refractivity contribution in [3.05, 3.63) is 39.9 Å². The first-order valence-corrected chi connectivity index (χ1v) is 9.64. The molecular weight excluding hydrogens is 477 g/mol. The number of nitrogens with two attached hydrogens (primary N) is 1. The third-order valence-electron chi connectivity index (χ3n) is 3.23. The number of alkyl halides is 2. The Labute approximate surface area is 192 Å². The highest BCUT2D eigenvalue weighted by atomic mass is 35.5. The monoisotopic (exact) mass is 501 g/mol. The van der Waals surface area contributed by atoms with Crippen molar-refractivity contribution in [1.29, 1.82) is 0 Å². The molecule has 0 aliphatic rings. The number of hydrogen-bond donors (Lipinski definition) is 7. The fraction of sp³-hybridized carbons (Fsp3) is 0.471. The molecule has 182 valence electrons. The molecule has 1 aromatic carbocycles. The fourth-order valence-corrected chi connectivity index (χ4v) is 1.84. The van der Waals surface area contributed by atoms with Crippen molar-refractivity contribution < 1.29 is 44.8 Å². The lowest BCUT2D eigenvalue weighted by Crippen LogP contribution is -2.44. The van der Waals surface area contributed by atoms with Gasteiger partial charge in [-0.1, -0.05) is 23.2 Å². The molecule has 0 bridgehead atoms. The Bertz CT molecular complexity index is 703. The number of aliphatic hydroxyl groups excluding tert-OH is 3. The number of benzene rings is 1. The lowest BCUT2D eigenvalue weighted by Gasteiger charge is -2.22. The fourth-order valence-electron chi connectivity index (χ4n) is 1.71. The van der Waals surface area contributed by atoms with Crippen LogP contribution in [0.15, 0.2) is 24.3 Å². The van der Waals surface area contributed by atoms with Gasteiger partial charge in [0.25, 0.3) is 11.6 Å². The predicted molar refractivity (Wildman–Crippen MR) is 113 cm³/mol. The Kier molecular flexibility index (Phi) is 17.9. The molecule has 0 aromatic heterocycles. The Morgan fingerprint density at radius 3 is 1.78 bits per heavy atom. The van der Waals surface area contributed by atoms with Gasteiger partial charge in [-0.3, -0.25) is 24.5 Å². The number of aliphatic carboxylic acids is 2. The summed E-state index contributed by atoms with van der Waals surface area (Å²) in [6.07, 6.45) is -1.85. The molecule has 0 aliphatic heterocycles. The Morgan fingerprint density at radius 1 is 1.06 bits per heavy atom. The quantitative estimate of drug-likeness (QED) is 0.125. The van der Waals surface area contributed by atoms with Gasteiger partial charge < -0.3 is 36.6 Å². The first-order chi connectivity index (χ1) is 14.9. The van der Waals surface area contributed by atoms with E-state index in [0.717, 1.165) is 0 Å². The third-order valence-corrected chi connectivity index (χ3v) is 3.63. The highest BCUT2D eigenvalue weighted by Crippen LogP contribution is 2.20. The van der Waals surface area contributed by atoms with Gasteiger partial charge in [0.15, 0.2) is 4.84 Å². The predicted octanol–water partition coefficient (Wildman–Crippen LogP) is -0.218. The number of nitrogens with zero attached hydrogens (tertiary/aromatic N) is 1. The highest BCUT2D eigenvalue weighted by Gasteiger charge is 2.24. The smallest absolute Gasteiger partial charge is 0.303 e. The van der Waals surface area contributed by atoms with Gasteiger partial charge in [0.05, 0.1) is 37.0 Å². The van der Waals surface area contributed by atoms with Crippen LogP contribution in [0.2, 0.25) is 0 Å². The van der Waals surface area contributed by atoms with E-state index in [1.807, 2.05) is 0 Å². The van der Waals surface area contributed by atoms with E-state index in [1.54, 1.807) is 0 Å². The van der Waals surface area contributed by atoms with E-state index in [0.29, 0.717) is 12.1 Å². The summed E-state index contributed by atoms with van der Waals surface area (Å²) in [6, 6.07) is 4.05. The number of nitro groups is 1. The van der Waals surface area contributed by atoms with Crippen LogP contribution in [0, 0.1) is 10.1 Å². The maximum absolute atomic E-state index is 11.3. The van der Waals surface area contributed by atoms with Gasteiger partial charge in [-0.05, 0) is 17.7 Å². The summed E-state index contributed by atoms with van der Waals surface area (Å²) in [5.74, 6) is -2.91. The van der Waals surface area contributed by atoms with Gasteiger partial charge >= 0.3 is 11.9 Å². The zero-order valence-electron chi connectivity index (χ0n) is 16.6. The van der Waals surface area contributed by atoms with Crippen LogP contribution in [-0.4, -0.2) is 78.9 Å². The number of hydrogen-bond acceptors (Lipinski definition) is 9. The van der Waals surface area contributed by atoms with Crippen LogP contribution in [-0.2, 0) is 14.4 Å². The molecule has 0 saturated carbocycles. The number of amides is 1. The molecule has 0 fully saturated rings. The van der Waals surface area contributed by atoms with Crippen molar-refractivity contribution in [3.8, 4) is 0 Å². The van der Waals surface area contributed by atoms with Crippen LogP contribution in [0.25, 0.3) is 0 Å². The number of halogens is 2. The molecule has 1 rings (SSSR count). The summed E-state index contributed by atoms with van der Waals surface area (Å²) >= 11 is 10.7. The number of carboxylic acid groups (broad SMARTS) is 2. The summed E-state index contributed by atoms with van der Waals surface area (Å²) in [6.45, 7) is -0.0790. The number of rotatable bonds is 10. The van der Waals surface area contributed by atoms with Crippen LogP contribution in [0.1, 0.15) is 24.5 Å². The summed E-state index contributed by atoms with van der Waals surface area (Å²) in [4.78, 5) is 39.2. The molecule has 1 aromatic rings. The molecule has 32 heavy (non-hydrogen) atoms. The van der Waals surface area contributed by atoms with Crippen molar-refractivity contribution in [2.45, 2.75) is 29.8 Å². The molecule has 0 aliphatic carbocycles. The summed E-state index contributed by atoms with van der Waals surface area (Å²) < 4.78 is 0. The number of non-ortho nitro benzene ring substituents is 1. The van der Waals surface area contributed by atoms with Gasteiger partial charge in [-0.25, -0.2) is 0 Å². The van der Waals surface area contributed by atoms with Gasteiger partial charge in [0, 0.05) is 18.7 Å². The third kappa shape index (κ3) is 15.3. The normalized spacial score (nSPS) is 11.7. The van der Waals surface area contributed by atoms with E-state index >= 15 is 0 Å². The van der Waals surface area contributed by atoms with Crippen LogP contribution < -0.4 is 11.1 Å². The Hall–Kier alpha value is -2.55. The standard InChI is InChI=1S/C11H12Cl2N2O5.C4H6O4.C2H7NO/c12-10(13)11(18)14-8(5-16)9(17)6-1-3-7(4-2-6)15(19)20;5-3(6)1-2-4(7)8;3-1-2-4/h1-4,8-10,16-17H,5H2,(H,14,18);1-2H2,(H,5,6)(H,7,8);4H,1-3H2/t8-,9-;;/m1../s1. The van der Waals surface area contributed by atoms with E-state index < -0.39 is 46.4 Å². The summed E-state index contributed by atoms with van der Waals surface area (Å²) in [5, 5.41) is 55.5. The maximum atomic E-state index is 11.3. The van der Waals surface area contributed by atoms with Crippen molar-refractivity contribution >= 4 is 46.7 Å². The second-order valence-electron chi connectivity index (χ2n) is 5.69. The van der Waals surface area contributed by atoms with Gasteiger partial charge in [-0.15, -0.1) is 0 Å². The Balaban J connectivity index is 0. The molecule has 0 heterocycles. The molecule has 0 unspecified atom stereocenters. The van der Waals surface area contributed by atoms with E-state index in [2.05, 4.69) is 5.32 Å². The molecule has 8 N–H and O–H groups in total. The first kappa shape index (κ1) is 31.6. The average Bonchev–Trinajstić information content (AvgIpc) is 2.75. The SMILES string of the molecule is NCCO.O=C(N[C@H](CO)[C@H](O)c1ccc([N+](=O)[O-])cc1)C(Cl)Cl.O=C(O)CCC(=O)O. The number of nitrogens with one attached hydrogen (secondary N) is 1. The molecular formula is C17H25Cl2N3O10. The van der Waals surface area contributed by atoms with Gasteiger partial charge in [0.1, 0.15) is 6.10 Å². The van der Waals surface area contributed by atoms with Crippen LogP contribution in [0.4, 0.5) is 5.69 Å². The lowest BCUT2D eigenvalue weighted by molar-refractivity contribution is -0.384. The molecule has 0 radical (unpaired) electrons. The van der Waals surface area contributed by atoms with Crippen LogP contribution in [0.3, 0.4) is 0 Å². The van der Waals surface area contributed by atoms with E-state index in [9.17, 15) is 29.6 Å². The van der Waals surface area contributed by atoms with E-state index in [4.69, 9.17) is 49.4 Å². The summed E-state index contributed by atoms with van der Waals surface area (Å²) in [7, 11) is 0. The molecule has 1 amide bonds. The van der Waals surface area contributed by atoms with Crippen molar-refractivity contribution in [2.24, 2.45) is 5.73 Å². The molecule has 0 saturated heterocycles. The number of nitro benzene ring substituents is 1. The van der Waals surface area contributed by atoms with E-state index in [-0.39, 0.29) is 25.1 Å². The molecule has 13 nitrogen and oxygen atoms in total. The summed E-state index contributed by atoms with van der Waals surface area (Å²) in [5.41, 5.74) is 4.95. The first-order valence-electron chi connectivity index (χ1n) is 8.77. The minimum atomic E-state index is -1.33. The van der Waals surface area contributed by atoms with Crippen molar-refractivity contribution in [1.82, 2.24) is 5.32 Å². The van der Waals surface area contributed by atoms with Crippen LogP contribution in [0.5, 0.6) is 0 Å². The second kappa shape index (κ2) is 18.1. The molecule has 2 atom stereocenters. The van der Waals surface area contributed by atoms with Crippen LogP contribution >= 0.6 is 23.2 Å². The van der Waals surface area contributed by atoms with Gasteiger partial charge in [0.2, 0.25) is 0 Å². The van der Waals surface area contributed by atoms with Gasteiger partial charge in [-0.2, -0.15) is 0 Å². The second-order valence-corrected chi connectivity index (χ2v) is 6.79. The number of carbonyl (C=O) groups is 3. The maximum Gasteiger partial charge on any atom is 0.303 e. The number of aliphatic hydroxyl groups is 3. The minimum Gasteiger partial charge on any atom is -0.481 e. The molecule has 15 heteroatoms. The number of carbonyl (C=O) groups excluding carboxylic acids is 1. The number of carboxylic acids is 2. The topological polar surface area (TPSA) is 234 Å². The van der Waals surface area contributed by atoms with Crippen molar-refractivity contribution in [3.63, 3.8) is 0 Å². The zero-order chi connectivity index (χ0) is 25.3. The lowest BCUT2D eigenvalue weighted by atomic mass is 10.0. The van der Waals surface area contributed by atoms with Crippen molar-refractivity contribution in [2.75, 3.05) is 19.8 Å².